The maximum absolute atomic E-state index is 8.77. The van der Waals surface area contributed by atoms with Crippen molar-refractivity contribution in [2.75, 3.05) is 23.4 Å². The summed E-state index contributed by atoms with van der Waals surface area (Å²) in [5.74, 6) is 0.533. The molecule has 126 valence electrons. The van der Waals surface area contributed by atoms with Crippen LogP contribution in [-0.2, 0) is 19.3 Å². The molecular formula is C21H27N3. The molecule has 0 unspecified atom stereocenters. The number of aryl methyl sites for hydroxylation is 2. The molecule has 2 aromatic carbocycles. The molecule has 0 heterocycles. The Balaban J connectivity index is 1.90. The second-order valence-corrected chi connectivity index (χ2v) is 6.42. The van der Waals surface area contributed by atoms with Crippen LogP contribution in [0.25, 0.3) is 0 Å². The highest BCUT2D eigenvalue weighted by molar-refractivity contribution is 6.05. The van der Waals surface area contributed by atoms with Gasteiger partial charge < -0.3 is 9.80 Å². The third-order valence-corrected chi connectivity index (χ3v) is 5.01. The van der Waals surface area contributed by atoms with Crippen molar-refractivity contribution in [2.45, 2.75) is 39.5 Å². The van der Waals surface area contributed by atoms with Crippen LogP contribution in [0.3, 0.4) is 0 Å². The Bertz CT molecular complexity index is 736. The number of benzene rings is 2. The van der Waals surface area contributed by atoms with Crippen molar-refractivity contribution in [3.8, 4) is 0 Å². The maximum atomic E-state index is 8.77. The number of anilines is 2. The van der Waals surface area contributed by atoms with Gasteiger partial charge in [-0.15, -0.1) is 0 Å². The Morgan fingerprint density at radius 3 is 2.62 bits per heavy atom. The van der Waals surface area contributed by atoms with E-state index in [0.29, 0.717) is 5.96 Å². The monoisotopic (exact) mass is 321 g/mol. The molecule has 1 aliphatic rings. The first kappa shape index (κ1) is 16.6. The molecule has 0 amide bonds. The molecule has 3 rings (SSSR count). The largest absolute Gasteiger partial charge is 0.316 e. The van der Waals surface area contributed by atoms with Crippen LogP contribution in [-0.4, -0.2) is 19.6 Å². The first-order valence-corrected chi connectivity index (χ1v) is 8.95. The number of rotatable bonds is 4. The van der Waals surface area contributed by atoms with Crippen molar-refractivity contribution in [3.63, 3.8) is 0 Å². The summed E-state index contributed by atoms with van der Waals surface area (Å²) in [5, 5.41) is 8.77. The van der Waals surface area contributed by atoms with E-state index in [9.17, 15) is 0 Å². The van der Waals surface area contributed by atoms with Crippen LogP contribution in [0.5, 0.6) is 0 Å². The van der Waals surface area contributed by atoms with Crippen molar-refractivity contribution in [2.24, 2.45) is 0 Å². The van der Waals surface area contributed by atoms with E-state index in [4.69, 9.17) is 5.41 Å². The molecule has 0 spiro atoms. The van der Waals surface area contributed by atoms with E-state index in [0.717, 1.165) is 25.1 Å². The van der Waals surface area contributed by atoms with Gasteiger partial charge in [0, 0.05) is 25.0 Å². The summed E-state index contributed by atoms with van der Waals surface area (Å²) in [4.78, 5) is 4.11. The average Bonchev–Trinajstić information content (AvgIpc) is 3.11. The molecule has 0 aliphatic heterocycles. The van der Waals surface area contributed by atoms with Crippen LogP contribution in [0.15, 0.2) is 42.5 Å². The molecule has 3 heteroatoms. The Morgan fingerprint density at radius 1 is 1.08 bits per heavy atom. The van der Waals surface area contributed by atoms with Crippen LogP contribution in [0, 0.1) is 5.41 Å². The smallest absolute Gasteiger partial charge is 0.202 e. The van der Waals surface area contributed by atoms with Crippen molar-refractivity contribution < 1.29 is 0 Å². The third-order valence-electron chi connectivity index (χ3n) is 5.01. The Kier molecular flexibility index (Phi) is 4.89. The molecule has 2 aromatic rings. The molecule has 1 N–H and O–H groups in total. The van der Waals surface area contributed by atoms with Gasteiger partial charge in [-0.1, -0.05) is 31.2 Å². The lowest BCUT2D eigenvalue weighted by atomic mass is 10.1. The zero-order valence-electron chi connectivity index (χ0n) is 15.0. The molecule has 0 atom stereocenters. The highest BCUT2D eigenvalue weighted by atomic mass is 15.3. The van der Waals surface area contributed by atoms with Gasteiger partial charge in [0.2, 0.25) is 5.96 Å². The van der Waals surface area contributed by atoms with Crippen LogP contribution in [0.4, 0.5) is 11.4 Å². The molecule has 0 fully saturated rings. The Morgan fingerprint density at radius 2 is 1.88 bits per heavy atom. The molecular weight excluding hydrogens is 294 g/mol. The highest BCUT2D eigenvalue weighted by Gasteiger charge is 2.22. The fourth-order valence-corrected chi connectivity index (χ4v) is 3.58. The number of hydrogen-bond donors (Lipinski definition) is 1. The number of nitrogens with zero attached hydrogens (tertiary/aromatic N) is 2. The second-order valence-electron chi connectivity index (χ2n) is 6.42. The summed E-state index contributed by atoms with van der Waals surface area (Å²) < 4.78 is 0. The predicted molar refractivity (Wildman–Crippen MR) is 103 cm³/mol. The molecule has 0 radical (unpaired) electrons. The van der Waals surface area contributed by atoms with E-state index in [1.807, 2.05) is 11.9 Å². The van der Waals surface area contributed by atoms with Crippen LogP contribution in [0.2, 0.25) is 0 Å². The van der Waals surface area contributed by atoms with E-state index in [1.165, 1.54) is 35.2 Å². The van der Waals surface area contributed by atoms with Crippen molar-refractivity contribution >= 4 is 17.3 Å². The fraction of sp³-hybridized carbons (Fsp3) is 0.381. The Hall–Kier alpha value is -2.29. The molecule has 0 saturated carbocycles. The Labute approximate surface area is 145 Å². The lowest BCUT2D eigenvalue weighted by Crippen LogP contribution is -2.42. The minimum Gasteiger partial charge on any atom is -0.316 e. The van der Waals surface area contributed by atoms with Crippen molar-refractivity contribution in [1.82, 2.24) is 0 Å². The zero-order valence-corrected chi connectivity index (χ0v) is 15.0. The predicted octanol–water partition coefficient (Wildman–Crippen LogP) is 4.64. The lowest BCUT2D eigenvalue weighted by molar-refractivity contribution is 0.907. The van der Waals surface area contributed by atoms with Gasteiger partial charge >= 0.3 is 0 Å². The van der Waals surface area contributed by atoms with Gasteiger partial charge in [0.15, 0.2) is 0 Å². The van der Waals surface area contributed by atoms with Gasteiger partial charge in [0.1, 0.15) is 0 Å². The topological polar surface area (TPSA) is 30.3 Å². The SMILES string of the molecule is CCc1cccc(N(C)C(=N)N(CC)c2cccc3c2CCC3)c1. The normalized spacial score (nSPS) is 12.8. The van der Waals surface area contributed by atoms with Crippen LogP contribution in [0.1, 0.15) is 37.0 Å². The van der Waals surface area contributed by atoms with Crippen molar-refractivity contribution in [1.29, 1.82) is 5.41 Å². The van der Waals surface area contributed by atoms with E-state index in [1.54, 1.807) is 0 Å². The molecule has 0 saturated heterocycles. The summed E-state index contributed by atoms with van der Waals surface area (Å²) >= 11 is 0. The average molecular weight is 321 g/mol. The quantitative estimate of drug-likeness (QED) is 0.657. The van der Waals surface area contributed by atoms with Gasteiger partial charge in [-0.3, -0.25) is 5.41 Å². The fourth-order valence-electron chi connectivity index (χ4n) is 3.58. The standard InChI is InChI=1S/C21H27N3/c1-4-16-9-6-12-18(15-16)23(3)21(22)24(5-2)20-14-8-11-17-10-7-13-19(17)20/h6,8-9,11-12,14-15,22H,4-5,7,10,13H2,1-3H3. The summed E-state index contributed by atoms with van der Waals surface area (Å²) in [6.07, 6.45) is 4.54. The van der Waals surface area contributed by atoms with E-state index in [-0.39, 0.29) is 0 Å². The summed E-state index contributed by atoms with van der Waals surface area (Å²) in [5.41, 5.74) is 6.46. The molecule has 1 aliphatic carbocycles. The minimum atomic E-state index is 0.533. The van der Waals surface area contributed by atoms with Crippen LogP contribution >= 0.6 is 0 Å². The van der Waals surface area contributed by atoms with Gasteiger partial charge in [0.25, 0.3) is 0 Å². The maximum Gasteiger partial charge on any atom is 0.202 e. The molecule has 3 nitrogen and oxygen atoms in total. The number of nitrogens with one attached hydrogen (secondary N) is 1. The molecule has 24 heavy (non-hydrogen) atoms. The first-order valence-electron chi connectivity index (χ1n) is 8.95. The van der Waals surface area contributed by atoms with Gasteiger partial charge in [0.05, 0.1) is 0 Å². The zero-order chi connectivity index (χ0) is 17.1. The van der Waals surface area contributed by atoms with E-state index >= 15 is 0 Å². The number of guanidine groups is 1. The summed E-state index contributed by atoms with van der Waals surface area (Å²) in [7, 11) is 1.99. The third kappa shape index (κ3) is 3.03. The minimum absolute atomic E-state index is 0.533. The van der Waals surface area contributed by atoms with Crippen LogP contribution < -0.4 is 9.80 Å². The second kappa shape index (κ2) is 7.08. The van der Waals surface area contributed by atoms with E-state index in [2.05, 4.69) is 61.2 Å². The number of hydrogen-bond acceptors (Lipinski definition) is 1. The van der Waals surface area contributed by atoms with Gasteiger partial charge in [-0.05, 0) is 67.5 Å². The number of fused-ring (bicyclic) bond motifs is 1. The van der Waals surface area contributed by atoms with Gasteiger partial charge in [-0.25, -0.2) is 0 Å². The summed E-state index contributed by atoms with van der Waals surface area (Å²) in [6.45, 7) is 5.09. The van der Waals surface area contributed by atoms with Gasteiger partial charge in [-0.2, -0.15) is 0 Å². The van der Waals surface area contributed by atoms with E-state index < -0.39 is 0 Å². The van der Waals surface area contributed by atoms with Crippen molar-refractivity contribution in [3.05, 3.63) is 59.2 Å². The lowest BCUT2D eigenvalue weighted by Gasteiger charge is -2.32. The molecule has 0 bridgehead atoms. The molecule has 0 aromatic heterocycles. The first-order chi connectivity index (χ1) is 11.7. The summed E-state index contributed by atoms with van der Waals surface area (Å²) in [6, 6.07) is 15.0. The highest BCUT2D eigenvalue weighted by Crippen LogP contribution is 2.32.